The molecule has 28 heavy (non-hydrogen) atoms. The first-order valence-electron chi connectivity index (χ1n) is 8.78. The summed E-state index contributed by atoms with van der Waals surface area (Å²) in [5.41, 5.74) is 0.929. The van der Waals surface area contributed by atoms with Gasteiger partial charge in [-0.25, -0.2) is 0 Å². The Morgan fingerprint density at radius 2 is 1.71 bits per heavy atom. The van der Waals surface area contributed by atoms with E-state index in [1.807, 2.05) is 30.3 Å². The lowest BCUT2D eigenvalue weighted by atomic mass is 9.99. The number of hydrogen-bond acceptors (Lipinski definition) is 8. The molecule has 0 radical (unpaired) electrons. The monoisotopic (exact) mass is 390 g/mol. The molecule has 0 aliphatic carbocycles. The number of aromatic hydroxyl groups is 1. The molecule has 1 heterocycles. The molecule has 1 aliphatic rings. The predicted molar refractivity (Wildman–Crippen MR) is 97.0 cm³/mol. The van der Waals surface area contributed by atoms with Crippen molar-refractivity contribution in [1.29, 1.82) is 0 Å². The molecule has 2 aromatic rings. The van der Waals surface area contributed by atoms with Crippen molar-refractivity contribution >= 4 is 5.78 Å². The molecule has 5 atom stereocenters. The molecular weight excluding hydrogens is 368 g/mol. The highest BCUT2D eigenvalue weighted by Crippen LogP contribution is 2.29. The lowest BCUT2D eigenvalue weighted by Gasteiger charge is -2.39. The zero-order valence-corrected chi connectivity index (χ0v) is 14.9. The standard InChI is InChI=1S/C20H22O8/c21-10-16-17(24)18(25)19(26)20(28-16)27-12-6-7-13(15(23)9-12)14(22)8-11-4-2-1-3-5-11/h1-7,9,16-21,23-26H,8,10H2/t16-,17-,18-,19+,20-/m1/s1. The number of Topliss-reactive ketones (excluding diaryl/α,β-unsaturated/α-hetero) is 1. The van der Waals surface area contributed by atoms with E-state index in [9.17, 15) is 30.3 Å². The summed E-state index contributed by atoms with van der Waals surface area (Å²) in [6, 6.07) is 13.1. The highest BCUT2D eigenvalue weighted by Gasteiger charge is 2.44. The van der Waals surface area contributed by atoms with Crippen LogP contribution >= 0.6 is 0 Å². The van der Waals surface area contributed by atoms with Crippen LogP contribution in [0, 0.1) is 0 Å². The Hall–Kier alpha value is -2.49. The SMILES string of the molecule is O=C(Cc1ccccc1)c1ccc(O[C@@H]2O[C@H](CO)[C@@H](O)[C@@H](O)[C@@H]2O)cc1O. The summed E-state index contributed by atoms with van der Waals surface area (Å²) in [5.74, 6) is -0.496. The molecular formula is C20H22O8. The Morgan fingerprint density at radius 1 is 1.00 bits per heavy atom. The molecule has 0 saturated carbocycles. The third kappa shape index (κ3) is 4.32. The van der Waals surface area contributed by atoms with Crippen LogP contribution in [0.25, 0.3) is 0 Å². The summed E-state index contributed by atoms with van der Waals surface area (Å²) >= 11 is 0. The number of benzene rings is 2. The van der Waals surface area contributed by atoms with Gasteiger partial charge in [-0.2, -0.15) is 0 Å². The summed E-state index contributed by atoms with van der Waals surface area (Å²) in [6.45, 7) is -0.580. The van der Waals surface area contributed by atoms with Crippen molar-refractivity contribution < 1.29 is 39.8 Å². The van der Waals surface area contributed by atoms with Gasteiger partial charge in [-0.3, -0.25) is 4.79 Å². The quantitative estimate of drug-likeness (QED) is 0.435. The number of carbonyl (C=O) groups excluding carboxylic acids is 1. The van der Waals surface area contributed by atoms with Gasteiger partial charge in [0.2, 0.25) is 6.29 Å². The zero-order chi connectivity index (χ0) is 20.3. The maximum Gasteiger partial charge on any atom is 0.229 e. The largest absolute Gasteiger partial charge is 0.507 e. The minimum Gasteiger partial charge on any atom is -0.507 e. The molecule has 0 spiro atoms. The van der Waals surface area contributed by atoms with Crippen LogP contribution in [0.3, 0.4) is 0 Å². The Balaban J connectivity index is 1.71. The van der Waals surface area contributed by atoms with E-state index in [2.05, 4.69) is 0 Å². The third-order valence-electron chi connectivity index (χ3n) is 4.58. The second-order valence-corrected chi connectivity index (χ2v) is 6.58. The molecule has 0 unspecified atom stereocenters. The molecule has 8 nitrogen and oxygen atoms in total. The number of rotatable bonds is 6. The predicted octanol–water partition coefficient (Wildman–Crippen LogP) is -0.00370. The molecule has 1 saturated heterocycles. The summed E-state index contributed by atoms with van der Waals surface area (Å²) in [5, 5.41) is 49.0. The average molecular weight is 390 g/mol. The molecule has 2 aromatic carbocycles. The molecule has 1 fully saturated rings. The zero-order valence-electron chi connectivity index (χ0n) is 14.9. The van der Waals surface area contributed by atoms with Crippen molar-refractivity contribution in [3.8, 4) is 11.5 Å². The topological polar surface area (TPSA) is 137 Å². The normalized spacial score (nSPS) is 27.4. The van der Waals surface area contributed by atoms with Gasteiger partial charge in [-0.1, -0.05) is 30.3 Å². The summed E-state index contributed by atoms with van der Waals surface area (Å²) in [6.07, 6.45) is -6.99. The lowest BCUT2D eigenvalue weighted by Crippen LogP contribution is -2.60. The van der Waals surface area contributed by atoms with Crippen molar-refractivity contribution in [2.24, 2.45) is 0 Å². The third-order valence-corrected chi connectivity index (χ3v) is 4.58. The van der Waals surface area contributed by atoms with E-state index < -0.39 is 37.3 Å². The molecule has 0 aromatic heterocycles. The fourth-order valence-corrected chi connectivity index (χ4v) is 3.00. The minimum absolute atomic E-state index is 0.0816. The van der Waals surface area contributed by atoms with Crippen LogP contribution in [0.15, 0.2) is 48.5 Å². The summed E-state index contributed by atoms with van der Waals surface area (Å²) < 4.78 is 10.7. The number of phenolic OH excluding ortho intramolecular Hbond substituents is 1. The molecule has 150 valence electrons. The van der Waals surface area contributed by atoms with Crippen LogP contribution in [-0.2, 0) is 11.2 Å². The van der Waals surface area contributed by atoms with Gasteiger partial charge < -0.3 is 35.0 Å². The van der Waals surface area contributed by atoms with Crippen molar-refractivity contribution in [2.75, 3.05) is 6.61 Å². The van der Waals surface area contributed by atoms with Crippen LogP contribution < -0.4 is 4.74 Å². The van der Waals surface area contributed by atoms with E-state index in [0.29, 0.717) is 0 Å². The van der Waals surface area contributed by atoms with E-state index in [-0.39, 0.29) is 29.3 Å². The van der Waals surface area contributed by atoms with Crippen LogP contribution in [-0.4, -0.2) is 68.6 Å². The van der Waals surface area contributed by atoms with Crippen molar-refractivity contribution in [2.45, 2.75) is 37.1 Å². The van der Waals surface area contributed by atoms with Crippen LogP contribution in [0.2, 0.25) is 0 Å². The molecule has 0 amide bonds. The fourth-order valence-electron chi connectivity index (χ4n) is 3.00. The first-order chi connectivity index (χ1) is 13.4. The van der Waals surface area contributed by atoms with E-state index in [1.54, 1.807) is 0 Å². The first kappa shape index (κ1) is 20.2. The average Bonchev–Trinajstić information content (AvgIpc) is 2.69. The molecule has 0 bridgehead atoms. The Labute approximate surface area is 161 Å². The Kier molecular flexibility index (Phi) is 6.28. The van der Waals surface area contributed by atoms with Gasteiger partial charge in [0.05, 0.1) is 12.2 Å². The molecule has 8 heteroatoms. The molecule has 1 aliphatic heterocycles. The van der Waals surface area contributed by atoms with E-state index in [1.165, 1.54) is 18.2 Å². The second kappa shape index (κ2) is 8.68. The van der Waals surface area contributed by atoms with Gasteiger partial charge in [0.25, 0.3) is 0 Å². The number of aliphatic hydroxyl groups is 4. The number of phenols is 1. The summed E-state index contributed by atoms with van der Waals surface area (Å²) in [7, 11) is 0. The maximum atomic E-state index is 12.4. The maximum absolute atomic E-state index is 12.4. The fraction of sp³-hybridized carbons (Fsp3) is 0.350. The lowest BCUT2D eigenvalue weighted by molar-refractivity contribution is -0.277. The number of ether oxygens (including phenoxy) is 2. The van der Waals surface area contributed by atoms with Gasteiger partial charge in [-0.15, -0.1) is 0 Å². The van der Waals surface area contributed by atoms with Crippen molar-refractivity contribution in [3.63, 3.8) is 0 Å². The minimum atomic E-state index is -1.57. The number of carbonyl (C=O) groups is 1. The highest BCUT2D eigenvalue weighted by molar-refractivity contribution is 6.00. The number of aliphatic hydroxyl groups excluding tert-OH is 4. The van der Waals surface area contributed by atoms with E-state index in [0.717, 1.165) is 5.56 Å². The van der Waals surface area contributed by atoms with Crippen molar-refractivity contribution in [1.82, 2.24) is 0 Å². The van der Waals surface area contributed by atoms with E-state index >= 15 is 0 Å². The summed E-state index contributed by atoms with van der Waals surface area (Å²) in [4.78, 5) is 12.4. The highest BCUT2D eigenvalue weighted by atomic mass is 16.7. The van der Waals surface area contributed by atoms with Gasteiger partial charge in [-0.05, 0) is 17.7 Å². The van der Waals surface area contributed by atoms with Crippen molar-refractivity contribution in [3.05, 3.63) is 59.7 Å². The smallest absolute Gasteiger partial charge is 0.229 e. The van der Waals surface area contributed by atoms with E-state index in [4.69, 9.17) is 9.47 Å². The first-order valence-corrected chi connectivity index (χ1v) is 8.78. The van der Waals surface area contributed by atoms with Gasteiger partial charge in [0.15, 0.2) is 5.78 Å². The van der Waals surface area contributed by atoms with Crippen LogP contribution in [0.5, 0.6) is 11.5 Å². The van der Waals surface area contributed by atoms with Gasteiger partial charge in [0.1, 0.15) is 35.9 Å². The number of ketones is 1. The molecule has 3 rings (SSSR count). The van der Waals surface area contributed by atoms with Gasteiger partial charge >= 0.3 is 0 Å². The van der Waals surface area contributed by atoms with Crippen LogP contribution in [0.1, 0.15) is 15.9 Å². The molecule has 5 N–H and O–H groups in total. The van der Waals surface area contributed by atoms with Gasteiger partial charge in [0, 0.05) is 12.5 Å². The number of hydrogen-bond donors (Lipinski definition) is 5. The van der Waals surface area contributed by atoms with Crippen LogP contribution in [0.4, 0.5) is 0 Å². The second-order valence-electron chi connectivity index (χ2n) is 6.58. The Morgan fingerprint density at radius 3 is 2.36 bits per heavy atom. The Bertz CT molecular complexity index is 807.